The first-order valence-corrected chi connectivity index (χ1v) is 6.37. The Morgan fingerprint density at radius 1 is 1.16 bits per heavy atom. The van der Waals surface area contributed by atoms with Crippen molar-refractivity contribution in [3.8, 4) is 0 Å². The largest absolute Gasteiger partial charge is 0.323 e. The van der Waals surface area contributed by atoms with Crippen molar-refractivity contribution in [2.24, 2.45) is 5.73 Å². The maximum Gasteiger partial charge on any atom is 0.133 e. The average Bonchev–Trinajstić information content (AvgIpc) is 2.36. The predicted molar refractivity (Wildman–Crippen MR) is 70.9 cm³/mol. The lowest BCUT2D eigenvalue weighted by molar-refractivity contribution is 0.449. The normalized spacial score (nSPS) is 18.6. The fourth-order valence-corrected chi connectivity index (χ4v) is 2.80. The summed E-state index contributed by atoms with van der Waals surface area (Å²) >= 11 is 0. The number of hydrogen-bond acceptors (Lipinski definition) is 1. The molecule has 1 nitrogen and oxygen atoms in total. The molecule has 3 rings (SSSR count). The summed E-state index contributed by atoms with van der Waals surface area (Å²) in [5.74, 6) is -1.07. The zero-order valence-electron chi connectivity index (χ0n) is 10.7. The summed E-state index contributed by atoms with van der Waals surface area (Å²) in [6.45, 7) is 1.62. The highest BCUT2D eigenvalue weighted by molar-refractivity contribution is 5.44. The van der Waals surface area contributed by atoms with E-state index in [9.17, 15) is 8.78 Å². The molecule has 3 heteroatoms. The molecule has 0 heterocycles. The molecule has 19 heavy (non-hydrogen) atoms. The molecule has 98 valence electrons. The van der Waals surface area contributed by atoms with Crippen LogP contribution in [-0.4, -0.2) is 0 Å². The van der Waals surface area contributed by atoms with Gasteiger partial charge in [0.1, 0.15) is 11.6 Å². The average molecular weight is 259 g/mol. The molecule has 0 spiro atoms. The molecule has 1 aliphatic rings. The lowest BCUT2D eigenvalue weighted by Gasteiger charge is -2.35. The number of rotatable bonds is 2. The molecule has 2 aromatic carbocycles. The predicted octanol–water partition coefficient (Wildman–Crippen LogP) is 3.61. The quantitative estimate of drug-likeness (QED) is 0.876. The fraction of sp³-hybridized carbons (Fsp3) is 0.250. The Balaban J connectivity index is 1.99. The van der Waals surface area contributed by atoms with Crippen LogP contribution in [0.25, 0.3) is 0 Å². The molecule has 2 atom stereocenters. The first-order valence-electron chi connectivity index (χ1n) is 6.37. The Morgan fingerprint density at radius 2 is 1.89 bits per heavy atom. The summed E-state index contributed by atoms with van der Waals surface area (Å²) in [4.78, 5) is 0. The summed E-state index contributed by atoms with van der Waals surface area (Å²) in [5, 5.41) is 0. The van der Waals surface area contributed by atoms with Crippen LogP contribution in [0.3, 0.4) is 0 Å². The second-order valence-electron chi connectivity index (χ2n) is 5.13. The number of benzene rings is 2. The van der Waals surface area contributed by atoms with Crippen LogP contribution in [0.2, 0.25) is 0 Å². The topological polar surface area (TPSA) is 26.0 Å². The van der Waals surface area contributed by atoms with E-state index in [1.165, 1.54) is 17.7 Å². The van der Waals surface area contributed by atoms with Gasteiger partial charge in [-0.1, -0.05) is 30.3 Å². The van der Waals surface area contributed by atoms with Crippen molar-refractivity contribution in [3.63, 3.8) is 0 Å². The van der Waals surface area contributed by atoms with E-state index in [2.05, 4.69) is 0 Å². The molecule has 0 saturated carbocycles. The Morgan fingerprint density at radius 3 is 2.63 bits per heavy atom. The Labute approximate surface area is 111 Å². The molecule has 1 aliphatic carbocycles. The van der Waals surface area contributed by atoms with Gasteiger partial charge in [-0.25, -0.2) is 8.78 Å². The van der Waals surface area contributed by atoms with Crippen molar-refractivity contribution in [1.29, 1.82) is 0 Å². The van der Waals surface area contributed by atoms with E-state index in [1.807, 2.05) is 24.3 Å². The van der Waals surface area contributed by atoms with Crippen LogP contribution in [0.5, 0.6) is 0 Å². The molecule has 0 fully saturated rings. The van der Waals surface area contributed by atoms with Gasteiger partial charge in [-0.2, -0.15) is 0 Å². The SMILES string of the molecule is Cc1ccc(F)c(C(N)C2Cc3ccccc32)c1F. The van der Waals surface area contributed by atoms with Crippen molar-refractivity contribution in [2.45, 2.75) is 25.3 Å². The molecular weight excluding hydrogens is 244 g/mol. The van der Waals surface area contributed by atoms with Crippen LogP contribution >= 0.6 is 0 Å². The van der Waals surface area contributed by atoms with E-state index in [-0.39, 0.29) is 11.5 Å². The van der Waals surface area contributed by atoms with Crippen molar-refractivity contribution in [2.75, 3.05) is 0 Å². The lowest BCUT2D eigenvalue weighted by atomic mass is 9.72. The molecule has 0 bridgehead atoms. The van der Waals surface area contributed by atoms with Crippen molar-refractivity contribution >= 4 is 0 Å². The number of hydrogen-bond donors (Lipinski definition) is 1. The van der Waals surface area contributed by atoms with Crippen LogP contribution in [-0.2, 0) is 6.42 Å². The molecule has 0 radical (unpaired) electrons. The van der Waals surface area contributed by atoms with Gasteiger partial charge in [-0.3, -0.25) is 0 Å². The van der Waals surface area contributed by atoms with Gasteiger partial charge in [0.2, 0.25) is 0 Å². The first-order chi connectivity index (χ1) is 9.09. The van der Waals surface area contributed by atoms with Crippen molar-refractivity contribution < 1.29 is 8.78 Å². The maximum absolute atomic E-state index is 14.1. The molecule has 0 aliphatic heterocycles. The number of aryl methyl sites for hydroxylation is 1. The van der Waals surface area contributed by atoms with E-state index >= 15 is 0 Å². The molecule has 0 saturated heterocycles. The highest BCUT2D eigenvalue weighted by Gasteiger charge is 2.34. The smallest absolute Gasteiger partial charge is 0.133 e. The van der Waals surface area contributed by atoms with Crippen molar-refractivity contribution in [1.82, 2.24) is 0 Å². The highest BCUT2D eigenvalue weighted by Crippen LogP contribution is 2.43. The number of fused-ring (bicyclic) bond motifs is 1. The van der Waals surface area contributed by atoms with Gasteiger partial charge in [-0.05, 0) is 36.1 Å². The van der Waals surface area contributed by atoms with Gasteiger partial charge in [-0.15, -0.1) is 0 Å². The van der Waals surface area contributed by atoms with E-state index < -0.39 is 17.7 Å². The van der Waals surface area contributed by atoms with Gasteiger partial charge in [0.25, 0.3) is 0 Å². The summed E-state index contributed by atoms with van der Waals surface area (Å²) in [6.07, 6.45) is 0.782. The summed E-state index contributed by atoms with van der Waals surface area (Å²) in [6, 6.07) is 10.0. The minimum atomic E-state index is -0.630. The zero-order valence-corrected chi connectivity index (χ0v) is 10.7. The maximum atomic E-state index is 14.1. The first kappa shape index (κ1) is 12.3. The highest BCUT2D eigenvalue weighted by atomic mass is 19.1. The Kier molecular flexibility index (Phi) is 2.86. The van der Waals surface area contributed by atoms with E-state index in [0.717, 1.165) is 12.0 Å². The minimum Gasteiger partial charge on any atom is -0.323 e. The third-order valence-electron chi connectivity index (χ3n) is 3.98. The second-order valence-corrected chi connectivity index (χ2v) is 5.13. The van der Waals surface area contributed by atoms with Gasteiger partial charge < -0.3 is 5.73 Å². The van der Waals surface area contributed by atoms with Gasteiger partial charge in [0.15, 0.2) is 0 Å². The van der Waals surface area contributed by atoms with Gasteiger partial charge in [0, 0.05) is 17.5 Å². The molecule has 2 N–H and O–H groups in total. The fourth-order valence-electron chi connectivity index (χ4n) is 2.80. The Bertz CT molecular complexity index is 637. The van der Waals surface area contributed by atoms with Gasteiger partial charge in [0.05, 0.1) is 0 Å². The molecular formula is C16H15F2N. The standard InChI is InChI=1S/C16H15F2N/c1-9-6-7-13(17)14(15(9)18)16(19)12-8-10-4-2-3-5-11(10)12/h2-7,12,16H,8,19H2,1H3. The molecule has 0 amide bonds. The van der Waals surface area contributed by atoms with Crippen LogP contribution in [0.15, 0.2) is 36.4 Å². The second kappa shape index (κ2) is 4.42. The van der Waals surface area contributed by atoms with Crippen molar-refractivity contribution in [3.05, 3.63) is 70.3 Å². The summed E-state index contributed by atoms with van der Waals surface area (Å²) in [7, 11) is 0. The zero-order chi connectivity index (χ0) is 13.6. The Hall–Kier alpha value is -1.74. The summed E-state index contributed by atoms with van der Waals surface area (Å²) in [5.41, 5.74) is 8.87. The minimum absolute atomic E-state index is 0.00185. The molecule has 2 unspecified atom stereocenters. The van der Waals surface area contributed by atoms with Crippen LogP contribution in [0, 0.1) is 18.6 Å². The van der Waals surface area contributed by atoms with Crippen LogP contribution in [0.1, 0.15) is 34.2 Å². The molecule has 0 aromatic heterocycles. The van der Waals surface area contributed by atoms with Crippen LogP contribution < -0.4 is 5.73 Å². The van der Waals surface area contributed by atoms with E-state index in [1.54, 1.807) is 6.92 Å². The van der Waals surface area contributed by atoms with E-state index in [0.29, 0.717) is 5.56 Å². The third-order valence-corrected chi connectivity index (χ3v) is 3.98. The van der Waals surface area contributed by atoms with Gasteiger partial charge >= 0.3 is 0 Å². The van der Waals surface area contributed by atoms with Crippen LogP contribution in [0.4, 0.5) is 8.78 Å². The monoisotopic (exact) mass is 259 g/mol. The lowest BCUT2D eigenvalue weighted by Crippen LogP contribution is -2.30. The number of nitrogens with two attached hydrogens (primary N) is 1. The van der Waals surface area contributed by atoms with E-state index in [4.69, 9.17) is 5.73 Å². The summed E-state index contributed by atoms with van der Waals surface area (Å²) < 4.78 is 27.9. The number of halogens is 2. The molecule has 2 aromatic rings. The third kappa shape index (κ3) is 1.85.